The van der Waals surface area contributed by atoms with E-state index in [1.165, 1.54) is 12.4 Å². The third-order valence-electron chi connectivity index (χ3n) is 5.60. The van der Waals surface area contributed by atoms with Gasteiger partial charge in [0.2, 0.25) is 0 Å². The second-order valence-corrected chi connectivity index (χ2v) is 9.48. The standard InChI is InChI=1S/C19H16F3N5O4S/c20-19(21,22)32(30,31)13-3-1-12(2-4-13)27-16(28)18(26-17(27)29)8-11(18)7-10-5-6-25-9-14(10)15(23)24/h1-6,9,11H,7-8H2,(H3,23,24)(H,26,29). The third kappa shape index (κ3) is 3.28. The normalized spacial score (nSPS) is 22.8. The Bertz CT molecular complexity index is 1250. The van der Waals surface area contributed by atoms with Gasteiger partial charge in [0, 0.05) is 18.0 Å². The van der Waals surface area contributed by atoms with Crippen molar-refractivity contribution in [2.75, 3.05) is 4.90 Å². The highest BCUT2D eigenvalue weighted by atomic mass is 32.2. The van der Waals surface area contributed by atoms with Crippen LogP contribution in [0.15, 0.2) is 47.6 Å². The number of pyridine rings is 1. The summed E-state index contributed by atoms with van der Waals surface area (Å²) in [5, 5.41) is 10.3. The molecule has 3 amide bonds. The molecule has 2 aromatic rings. The first-order valence-electron chi connectivity index (χ1n) is 9.24. The van der Waals surface area contributed by atoms with Crippen LogP contribution in [-0.4, -0.2) is 42.2 Å². The summed E-state index contributed by atoms with van der Waals surface area (Å²) < 4.78 is 61.2. The largest absolute Gasteiger partial charge is 0.501 e. The molecule has 2 heterocycles. The number of carbonyl (C=O) groups excluding carboxylic acids is 2. The predicted octanol–water partition coefficient (Wildman–Crippen LogP) is 1.72. The highest BCUT2D eigenvalue weighted by molar-refractivity contribution is 7.92. The average Bonchev–Trinajstić information content (AvgIpc) is 3.33. The topological polar surface area (TPSA) is 146 Å². The fourth-order valence-corrected chi connectivity index (χ4v) is 4.60. The lowest BCUT2D eigenvalue weighted by atomic mass is 10.0. The number of hydrogen-bond acceptors (Lipinski definition) is 6. The van der Waals surface area contributed by atoms with E-state index in [2.05, 4.69) is 10.3 Å². The van der Waals surface area contributed by atoms with Crippen LogP contribution in [0.1, 0.15) is 17.5 Å². The molecule has 1 saturated carbocycles. The van der Waals surface area contributed by atoms with E-state index in [9.17, 15) is 31.2 Å². The lowest BCUT2D eigenvalue weighted by Gasteiger charge is -2.14. The molecule has 2 unspecified atom stereocenters. The summed E-state index contributed by atoms with van der Waals surface area (Å²) in [4.78, 5) is 29.2. The van der Waals surface area contributed by atoms with Gasteiger partial charge in [-0.3, -0.25) is 15.2 Å². The van der Waals surface area contributed by atoms with Gasteiger partial charge in [0.05, 0.1) is 10.6 Å². The summed E-state index contributed by atoms with van der Waals surface area (Å²) in [6.45, 7) is 0. The zero-order chi connectivity index (χ0) is 23.5. The van der Waals surface area contributed by atoms with E-state index in [-0.39, 0.29) is 17.4 Å². The number of benzene rings is 1. The second-order valence-electron chi connectivity index (χ2n) is 7.54. The van der Waals surface area contributed by atoms with Gasteiger partial charge in [0.15, 0.2) is 0 Å². The molecule has 13 heteroatoms. The Kier molecular flexibility index (Phi) is 4.77. The molecule has 2 fully saturated rings. The van der Waals surface area contributed by atoms with Gasteiger partial charge < -0.3 is 11.1 Å². The molecule has 4 rings (SSSR count). The van der Waals surface area contributed by atoms with Gasteiger partial charge in [0.1, 0.15) is 11.4 Å². The van der Waals surface area contributed by atoms with Crippen molar-refractivity contribution in [2.24, 2.45) is 11.7 Å². The van der Waals surface area contributed by atoms with Crippen LogP contribution in [-0.2, 0) is 21.1 Å². The molecule has 1 aromatic heterocycles. The fourth-order valence-electron chi connectivity index (χ4n) is 3.83. The van der Waals surface area contributed by atoms with Crippen molar-refractivity contribution in [3.05, 3.63) is 53.9 Å². The van der Waals surface area contributed by atoms with E-state index in [1.54, 1.807) is 6.07 Å². The molecular formula is C19H16F3N5O4S. The minimum Gasteiger partial charge on any atom is -0.384 e. The number of nitrogens with one attached hydrogen (secondary N) is 2. The van der Waals surface area contributed by atoms with Gasteiger partial charge in [-0.2, -0.15) is 13.2 Å². The minimum absolute atomic E-state index is 0.0514. The summed E-state index contributed by atoms with van der Waals surface area (Å²) in [6.07, 6.45) is 3.63. The molecule has 1 aromatic carbocycles. The van der Waals surface area contributed by atoms with Crippen LogP contribution in [0, 0.1) is 11.3 Å². The van der Waals surface area contributed by atoms with Crippen LogP contribution in [0.5, 0.6) is 0 Å². The molecule has 2 aliphatic rings. The Labute approximate surface area is 179 Å². The molecule has 1 saturated heterocycles. The summed E-state index contributed by atoms with van der Waals surface area (Å²) in [5.41, 5.74) is -0.0227. The number of aromatic nitrogens is 1. The molecule has 1 aliphatic carbocycles. The predicted molar refractivity (Wildman–Crippen MR) is 105 cm³/mol. The summed E-state index contributed by atoms with van der Waals surface area (Å²) >= 11 is 0. The number of sulfone groups is 1. The third-order valence-corrected chi connectivity index (χ3v) is 7.10. The number of halogens is 3. The van der Waals surface area contributed by atoms with Crippen LogP contribution in [0.4, 0.5) is 23.7 Å². The number of amidine groups is 1. The minimum atomic E-state index is -5.55. The molecule has 32 heavy (non-hydrogen) atoms. The van der Waals surface area contributed by atoms with E-state index >= 15 is 0 Å². The highest BCUT2D eigenvalue weighted by Crippen LogP contribution is 2.50. The Morgan fingerprint density at radius 2 is 1.91 bits per heavy atom. The number of nitrogens with zero attached hydrogens (tertiary/aromatic N) is 2. The van der Waals surface area contributed by atoms with Crippen molar-refractivity contribution in [3.63, 3.8) is 0 Å². The number of nitrogens with two attached hydrogens (primary N) is 1. The maximum absolute atomic E-state index is 13.0. The smallest absolute Gasteiger partial charge is 0.384 e. The quantitative estimate of drug-likeness (QED) is 0.347. The monoisotopic (exact) mass is 467 g/mol. The first-order valence-corrected chi connectivity index (χ1v) is 10.7. The van der Waals surface area contributed by atoms with Crippen LogP contribution >= 0.6 is 0 Å². The number of hydrogen-bond donors (Lipinski definition) is 3. The number of urea groups is 1. The van der Waals surface area contributed by atoms with E-state index in [0.717, 1.165) is 17.0 Å². The maximum Gasteiger partial charge on any atom is 0.501 e. The molecular weight excluding hydrogens is 451 g/mol. The Balaban J connectivity index is 1.56. The first-order chi connectivity index (χ1) is 14.9. The zero-order valence-electron chi connectivity index (χ0n) is 16.2. The second kappa shape index (κ2) is 7.02. The van der Waals surface area contributed by atoms with Crippen LogP contribution < -0.4 is 16.0 Å². The molecule has 0 bridgehead atoms. The Morgan fingerprint density at radius 3 is 2.50 bits per heavy atom. The molecule has 168 valence electrons. The van der Waals surface area contributed by atoms with Crippen LogP contribution in [0.25, 0.3) is 0 Å². The molecule has 4 N–H and O–H groups in total. The van der Waals surface area contributed by atoms with Crippen molar-refractivity contribution in [3.8, 4) is 0 Å². The van der Waals surface area contributed by atoms with Gasteiger partial charge in [0.25, 0.3) is 15.7 Å². The number of rotatable bonds is 5. The van der Waals surface area contributed by atoms with Crippen molar-refractivity contribution < 1.29 is 31.2 Å². The Morgan fingerprint density at radius 1 is 1.25 bits per heavy atom. The summed E-state index contributed by atoms with van der Waals surface area (Å²) in [5.74, 6) is -1.05. The Hall–Kier alpha value is -3.48. The molecule has 0 radical (unpaired) electrons. The number of nitrogen functional groups attached to an aromatic ring is 1. The molecule has 9 nitrogen and oxygen atoms in total. The molecule has 2 atom stereocenters. The van der Waals surface area contributed by atoms with Gasteiger partial charge in [-0.05, 0) is 54.7 Å². The van der Waals surface area contributed by atoms with E-state index in [1.807, 2.05) is 0 Å². The van der Waals surface area contributed by atoms with Gasteiger partial charge in [-0.1, -0.05) is 0 Å². The lowest BCUT2D eigenvalue weighted by Crippen LogP contribution is -2.35. The highest BCUT2D eigenvalue weighted by Gasteiger charge is 2.67. The number of alkyl halides is 3. The number of anilines is 1. The summed E-state index contributed by atoms with van der Waals surface area (Å²) in [6, 6.07) is 4.26. The van der Waals surface area contributed by atoms with Gasteiger partial charge in [-0.25, -0.2) is 18.1 Å². The maximum atomic E-state index is 13.0. The average molecular weight is 467 g/mol. The SMILES string of the molecule is N=C(N)c1cnccc1CC1CC12NC(=O)N(c1ccc(S(=O)(=O)C(F)(F)F)cc1)C2=O. The fraction of sp³-hybridized carbons (Fsp3) is 0.263. The number of imide groups is 1. The summed E-state index contributed by atoms with van der Waals surface area (Å²) in [7, 11) is -5.55. The van der Waals surface area contributed by atoms with Crippen molar-refractivity contribution in [1.29, 1.82) is 5.41 Å². The van der Waals surface area contributed by atoms with Gasteiger partial charge >= 0.3 is 11.5 Å². The van der Waals surface area contributed by atoms with E-state index in [4.69, 9.17) is 11.1 Å². The van der Waals surface area contributed by atoms with Crippen LogP contribution in [0.2, 0.25) is 0 Å². The molecule has 1 aliphatic heterocycles. The van der Waals surface area contributed by atoms with Crippen molar-refractivity contribution in [2.45, 2.75) is 28.8 Å². The zero-order valence-corrected chi connectivity index (χ0v) is 17.0. The van der Waals surface area contributed by atoms with Crippen LogP contribution in [0.3, 0.4) is 0 Å². The number of amides is 3. The first kappa shape index (κ1) is 21.7. The molecule has 1 spiro atoms. The van der Waals surface area contributed by atoms with E-state index in [0.29, 0.717) is 36.1 Å². The van der Waals surface area contributed by atoms with E-state index < -0.39 is 37.7 Å². The van der Waals surface area contributed by atoms with Gasteiger partial charge in [-0.15, -0.1) is 0 Å². The van der Waals surface area contributed by atoms with Crippen molar-refractivity contribution in [1.82, 2.24) is 10.3 Å². The lowest BCUT2D eigenvalue weighted by molar-refractivity contribution is -0.119. The number of carbonyl (C=O) groups is 2. The van der Waals surface area contributed by atoms with Crippen molar-refractivity contribution >= 4 is 33.3 Å².